The largest absolute Gasteiger partial charge is 0.346 e. The van der Waals surface area contributed by atoms with E-state index >= 15 is 0 Å². The number of thioether (sulfide) groups is 1. The Morgan fingerprint density at radius 1 is 1.33 bits per heavy atom. The van der Waals surface area contributed by atoms with Gasteiger partial charge in [0, 0.05) is 11.3 Å². The monoisotopic (exact) mass is 359 g/mol. The minimum Gasteiger partial charge on any atom is -0.346 e. The number of nitrogens with zero attached hydrogens (tertiary/aromatic N) is 1. The van der Waals surface area contributed by atoms with Gasteiger partial charge >= 0.3 is 0 Å². The van der Waals surface area contributed by atoms with Gasteiger partial charge in [0.25, 0.3) is 0 Å². The molecule has 0 aliphatic rings. The number of amides is 1. The van der Waals surface area contributed by atoms with E-state index in [0.717, 1.165) is 35.5 Å². The number of H-pyrrole nitrogens is 1. The summed E-state index contributed by atoms with van der Waals surface area (Å²) in [7, 11) is 0. The number of benzene rings is 1. The van der Waals surface area contributed by atoms with Crippen LogP contribution in [0.2, 0.25) is 0 Å². The van der Waals surface area contributed by atoms with Crippen LogP contribution in [0.25, 0.3) is 11.0 Å². The van der Waals surface area contributed by atoms with Crippen molar-refractivity contribution < 1.29 is 4.79 Å². The Morgan fingerprint density at radius 2 is 2.21 bits per heavy atom. The SMILES string of the molecule is CSCC[C@H](NC(=O)CCc1cccs1)c1nc2ccccc2[nH]1. The molecule has 0 saturated carbocycles. The maximum Gasteiger partial charge on any atom is 0.220 e. The van der Waals surface area contributed by atoms with Crippen molar-refractivity contribution in [3.05, 3.63) is 52.5 Å². The molecular weight excluding hydrogens is 338 g/mol. The number of aromatic amines is 1. The number of nitrogens with one attached hydrogen (secondary N) is 2. The molecule has 0 unspecified atom stereocenters. The first-order valence-electron chi connectivity index (χ1n) is 8.01. The van der Waals surface area contributed by atoms with Crippen LogP contribution in [0.3, 0.4) is 0 Å². The van der Waals surface area contributed by atoms with Gasteiger partial charge in [0.2, 0.25) is 5.91 Å². The average molecular weight is 360 g/mol. The van der Waals surface area contributed by atoms with Crippen molar-refractivity contribution in [2.45, 2.75) is 25.3 Å². The molecule has 3 rings (SSSR count). The summed E-state index contributed by atoms with van der Waals surface area (Å²) in [4.78, 5) is 21.6. The number of carbonyl (C=O) groups excluding carboxylic acids is 1. The molecule has 4 nitrogen and oxygen atoms in total. The van der Waals surface area contributed by atoms with Gasteiger partial charge in [0.15, 0.2) is 0 Å². The summed E-state index contributed by atoms with van der Waals surface area (Å²) < 4.78 is 0. The lowest BCUT2D eigenvalue weighted by Crippen LogP contribution is -2.29. The summed E-state index contributed by atoms with van der Waals surface area (Å²) in [6, 6.07) is 12.0. The highest BCUT2D eigenvalue weighted by molar-refractivity contribution is 7.98. The predicted molar refractivity (Wildman–Crippen MR) is 103 cm³/mol. The Bertz CT molecular complexity index is 750. The second-order valence-electron chi connectivity index (χ2n) is 5.62. The number of rotatable bonds is 8. The smallest absolute Gasteiger partial charge is 0.220 e. The van der Waals surface area contributed by atoms with Crippen LogP contribution in [-0.4, -0.2) is 27.9 Å². The molecule has 0 fully saturated rings. The third kappa shape index (κ3) is 4.39. The third-order valence-corrected chi connectivity index (χ3v) is 5.44. The molecule has 0 radical (unpaired) electrons. The van der Waals surface area contributed by atoms with Crippen LogP contribution in [0.4, 0.5) is 0 Å². The Morgan fingerprint density at radius 3 is 2.96 bits per heavy atom. The molecule has 1 aromatic carbocycles. The molecule has 1 amide bonds. The van der Waals surface area contributed by atoms with Gasteiger partial charge < -0.3 is 10.3 Å². The van der Waals surface area contributed by atoms with Crippen molar-refractivity contribution in [2.24, 2.45) is 0 Å². The van der Waals surface area contributed by atoms with Crippen LogP contribution in [0.5, 0.6) is 0 Å². The fourth-order valence-corrected chi connectivity index (χ4v) is 3.79. The summed E-state index contributed by atoms with van der Waals surface area (Å²) in [6.07, 6.45) is 4.25. The first-order valence-corrected chi connectivity index (χ1v) is 10.3. The Balaban J connectivity index is 1.67. The highest BCUT2D eigenvalue weighted by Gasteiger charge is 2.18. The minimum absolute atomic E-state index is 0.0688. The standard InChI is InChI=1S/C18H21N3OS2/c1-23-12-10-16(18-20-14-6-2-3-7-15(14)21-18)19-17(22)9-8-13-5-4-11-24-13/h2-7,11,16H,8-10,12H2,1H3,(H,19,22)(H,20,21)/t16-/m0/s1. The van der Waals surface area contributed by atoms with Gasteiger partial charge in [-0.25, -0.2) is 4.98 Å². The number of carbonyl (C=O) groups is 1. The maximum absolute atomic E-state index is 12.3. The molecule has 0 spiro atoms. The van der Waals surface area contributed by atoms with Crippen molar-refractivity contribution >= 4 is 40.0 Å². The van der Waals surface area contributed by atoms with Crippen LogP contribution in [-0.2, 0) is 11.2 Å². The number of hydrogen-bond donors (Lipinski definition) is 2. The van der Waals surface area contributed by atoms with Crippen LogP contribution >= 0.6 is 23.1 Å². The second kappa shape index (κ2) is 8.35. The lowest BCUT2D eigenvalue weighted by Gasteiger charge is -2.16. The van der Waals surface area contributed by atoms with Crippen molar-refractivity contribution in [3.63, 3.8) is 0 Å². The quantitative estimate of drug-likeness (QED) is 0.635. The molecule has 2 N–H and O–H groups in total. The minimum atomic E-state index is -0.0688. The van der Waals surface area contributed by atoms with Crippen LogP contribution < -0.4 is 5.32 Å². The zero-order valence-electron chi connectivity index (χ0n) is 13.6. The number of imidazole rings is 1. The van der Waals surface area contributed by atoms with E-state index in [9.17, 15) is 4.79 Å². The Labute approximate surface area is 150 Å². The number of aryl methyl sites for hydroxylation is 1. The predicted octanol–water partition coefficient (Wildman–Crippen LogP) is 4.17. The lowest BCUT2D eigenvalue weighted by molar-refractivity contribution is -0.121. The molecule has 0 bridgehead atoms. The number of thiophene rings is 1. The van der Waals surface area contributed by atoms with E-state index in [-0.39, 0.29) is 11.9 Å². The molecule has 126 valence electrons. The van der Waals surface area contributed by atoms with Gasteiger partial charge in [-0.1, -0.05) is 18.2 Å². The van der Waals surface area contributed by atoms with Crippen molar-refractivity contribution in [3.8, 4) is 0 Å². The van der Waals surface area contributed by atoms with E-state index in [2.05, 4.69) is 27.6 Å². The van der Waals surface area contributed by atoms with Gasteiger partial charge in [-0.3, -0.25) is 4.79 Å². The molecular formula is C18H21N3OS2. The maximum atomic E-state index is 12.3. The molecule has 24 heavy (non-hydrogen) atoms. The van der Waals surface area contributed by atoms with E-state index in [1.807, 2.05) is 35.7 Å². The van der Waals surface area contributed by atoms with E-state index in [4.69, 9.17) is 0 Å². The van der Waals surface area contributed by atoms with Crippen LogP contribution in [0, 0.1) is 0 Å². The topological polar surface area (TPSA) is 57.8 Å². The van der Waals surface area contributed by atoms with E-state index in [0.29, 0.717) is 6.42 Å². The van der Waals surface area contributed by atoms with E-state index in [1.165, 1.54) is 4.88 Å². The van der Waals surface area contributed by atoms with Crippen molar-refractivity contribution in [2.75, 3.05) is 12.0 Å². The van der Waals surface area contributed by atoms with E-state index in [1.54, 1.807) is 23.1 Å². The Kier molecular flexibility index (Phi) is 5.93. The number of hydrogen-bond acceptors (Lipinski definition) is 4. The molecule has 3 aromatic rings. The fraction of sp³-hybridized carbons (Fsp3) is 0.333. The molecule has 0 saturated heterocycles. The lowest BCUT2D eigenvalue weighted by atomic mass is 10.2. The third-order valence-electron chi connectivity index (χ3n) is 3.86. The highest BCUT2D eigenvalue weighted by atomic mass is 32.2. The fourth-order valence-electron chi connectivity index (χ4n) is 2.61. The molecule has 0 aliphatic heterocycles. The summed E-state index contributed by atoms with van der Waals surface area (Å²) in [5, 5.41) is 5.19. The zero-order valence-corrected chi connectivity index (χ0v) is 15.3. The van der Waals surface area contributed by atoms with Gasteiger partial charge in [0.1, 0.15) is 5.82 Å². The molecule has 2 aromatic heterocycles. The van der Waals surface area contributed by atoms with Gasteiger partial charge in [-0.2, -0.15) is 11.8 Å². The number of aromatic nitrogens is 2. The number of fused-ring (bicyclic) bond motifs is 1. The first kappa shape index (κ1) is 17.0. The van der Waals surface area contributed by atoms with Gasteiger partial charge in [-0.15, -0.1) is 11.3 Å². The van der Waals surface area contributed by atoms with Crippen LogP contribution in [0.1, 0.15) is 29.6 Å². The van der Waals surface area contributed by atoms with Crippen LogP contribution in [0.15, 0.2) is 41.8 Å². The normalized spacial score (nSPS) is 12.4. The average Bonchev–Trinajstić information content (AvgIpc) is 3.25. The summed E-state index contributed by atoms with van der Waals surface area (Å²) in [5.41, 5.74) is 1.95. The first-order chi connectivity index (χ1) is 11.8. The summed E-state index contributed by atoms with van der Waals surface area (Å²) >= 11 is 3.47. The van der Waals surface area contributed by atoms with E-state index < -0.39 is 0 Å². The Hall–Kier alpha value is -1.79. The van der Waals surface area contributed by atoms with Gasteiger partial charge in [-0.05, 0) is 48.4 Å². The molecule has 2 heterocycles. The van der Waals surface area contributed by atoms with Crippen molar-refractivity contribution in [1.29, 1.82) is 0 Å². The van der Waals surface area contributed by atoms with Gasteiger partial charge in [0.05, 0.1) is 17.1 Å². The molecule has 0 aliphatic carbocycles. The number of para-hydroxylation sites is 2. The van der Waals surface area contributed by atoms with Crippen molar-refractivity contribution in [1.82, 2.24) is 15.3 Å². The zero-order chi connectivity index (χ0) is 16.8. The highest BCUT2D eigenvalue weighted by Crippen LogP contribution is 2.20. The molecule has 1 atom stereocenters. The second-order valence-corrected chi connectivity index (χ2v) is 7.64. The molecule has 6 heteroatoms. The summed E-state index contributed by atoms with van der Waals surface area (Å²) in [6.45, 7) is 0. The summed E-state index contributed by atoms with van der Waals surface area (Å²) in [5.74, 6) is 1.90.